The first-order chi connectivity index (χ1) is 29.1. The number of aliphatic carboxylic acids is 1. The summed E-state index contributed by atoms with van der Waals surface area (Å²) in [6.45, 7) is 5.44. The fourth-order valence-electron chi connectivity index (χ4n) is 7.87. The summed E-state index contributed by atoms with van der Waals surface area (Å²) < 4.78 is 140. The maximum absolute atomic E-state index is 12.4. The fourth-order valence-corrected chi connectivity index (χ4v) is 9.87. The van der Waals surface area contributed by atoms with E-state index in [2.05, 4.69) is 5.32 Å². The molecule has 19 nitrogen and oxygen atoms in total. The van der Waals surface area contributed by atoms with Crippen molar-refractivity contribution in [2.75, 3.05) is 49.3 Å². The molecule has 348 valence electrons. The highest BCUT2D eigenvalue weighted by molar-refractivity contribution is 7.86. The molecule has 1 amide bonds. The van der Waals surface area contributed by atoms with Gasteiger partial charge in [-0.15, -0.1) is 0 Å². The van der Waals surface area contributed by atoms with E-state index >= 15 is 0 Å². The van der Waals surface area contributed by atoms with E-state index in [-0.39, 0.29) is 61.2 Å². The summed E-state index contributed by atoms with van der Waals surface area (Å²) in [5, 5.41) is 11.3. The van der Waals surface area contributed by atoms with Gasteiger partial charge in [-0.25, -0.2) is 4.79 Å². The lowest BCUT2D eigenvalue weighted by molar-refractivity contribution is -0.437. The number of nitrogens with zero attached hydrogens (tertiary/aromatic N) is 2. The number of nitrogens with one attached hydrogen (secondary N) is 1. The Kier molecular flexibility index (Phi) is 16.8. The van der Waals surface area contributed by atoms with Gasteiger partial charge < -0.3 is 20.1 Å². The van der Waals surface area contributed by atoms with Gasteiger partial charge >= 0.3 is 5.97 Å². The Balaban J connectivity index is 1.68. The predicted molar refractivity (Wildman–Crippen MR) is 233 cm³/mol. The molecule has 23 heteroatoms. The van der Waals surface area contributed by atoms with Crippen LogP contribution < -0.4 is 10.2 Å². The summed E-state index contributed by atoms with van der Waals surface area (Å²) in [6, 6.07) is 8.21. The second kappa shape index (κ2) is 20.7. The molecule has 2 aromatic carbocycles. The molecular formula is C40H54N3O16S4+. The number of hydrogen-bond donors (Lipinski definition) is 6. The van der Waals surface area contributed by atoms with Gasteiger partial charge in [-0.1, -0.05) is 31.1 Å². The van der Waals surface area contributed by atoms with E-state index in [4.69, 9.17) is 9.84 Å². The summed E-state index contributed by atoms with van der Waals surface area (Å²) in [5.41, 5.74) is 1.69. The lowest BCUT2D eigenvalue weighted by Crippen LogP contribution is -2.30. The molecule has 1 atom stereocenters. The van der Waals surface area contributed by atoms with E-state index in [1.54, 1.807) is 35.0 Å². The van der Waals surface area contributed by atoms with Gasteiger partial charge in [0.25, 0.3) is 40.5 Å². The third kappa shape index (κ3) is 14.1. The summed E-state index contributed by atoms with van der Waals surface area (Å²) in [5.74, 6) is -2.45. The molecule has 0 aromatic heterocycles. The maximum atomic E-state index is 12.4. The zero-order valence-corrected chi connectivity index (χ0v) is 38.3. The Morgan fingerprint density at radius 2 is 1.40 bits per heavy atom. The first-order valence-electron chi connectivity index (χ1n) is 19.8. The van der Waals surface area contributed by atoms with Crippen LogP contribution >= 0.6 is 0 Å². The monoisotopic (exact) mass is 960 g/mol. The van der Waals surface area contributed by atoms with Crippen LogP contribution in [0.25, 0.3) is 0 Å². The third-order valence-electron chi connectivity index (χ3n) is 10.8. The van der Waals surface area contributed by atoms with Crippen LogP contribution in [-0.2, 0) is 65.6 Å². The summed E-state index contributed by atoms with van der Waals surface area (Å²) >= 11 is 0. The molecule has 63 heavy (non-hydrogen) atoms. The van der Waals surface area contributed by atoms with Crippen molar-refractivity contribution in [3.63, 3.8) is 0 Å². The average Bonchev–Trinajstić information content (AvgIpc) is 3.51. The highest BCUT2D eigenvalue weighted by Crippen LogP contribution is 2.51. The summed E-state index contributed by atoms with van der Waals surface area (Å²) in [4.78, 5) is 24.1. The summed E-state index contributed by atoms with van der Waals surface area (Å²) in [6.07, 6.45) is 10.8. The molecule has 0 fully saturated rings. The molecule has 2 aliphatic rings. The number of fused-ring (bicyclic) bond motifs is 2. The molecule has 4 rings (SSSR count). The Bertz CT molecular complexity index is 2640. The van der Waals surface area contributed by atoms with Gasteiger partial charge in [0.15, 0.2) is 5.71 Å². The molecule has 0 saturated carbocycles. The third-order valence-corrected chi connectivity index (χ3v) is 14.2. The average molecular weight is 961 g/mol. The molecule has 0 bridgehead atoms. The van der Waals surface area contributed by atoms with Crippen molar-refractivity contribution < 1.29 is 75.9 Å². The highest BCUT2D eigenvalue weighted by atomic mass is 32.2. The number of carbonyl (C=O) groups is 2. The SMILES string of the molecule is CC1(C)C(/C=C/C=C/C=C2/N(CCCS(=O)(=O)O)c3ccc(S(=O)(=O)O)cc3C2(C)CCCCCC(=O)NCCOCC(=O)O)=[N+](CCCS(=O)(=O)O)c2ccc(S(=O)(=O)O)cc21. The smallest absolute Gasteiger partial charge is 0.329 e. The second-order valence-electron chi connectivity index (χ2n) is 15.9. The maximum Gasteiger partial charge on any atom is 0.329 e. The number of carboxylic acids is 1. The van der Waals surface area contributed by atoms with Crippen molar-refractivity contribution in [3.05, 3.63) is 83.6 Å². The molecule has 0 radical (unpaired) electrons. The minimum Gasteiger partial charge on any atom is -0.480 e. The van der Waals surface area contributed by atoms with Gasteiger partial charge in [-0.05, 0) is 82.0 Å². The molecular weight excluding hydrogens is 907 g/mol. The van der Waals surface area contributed by atoms with Crippen molar-refractivity contribution >= 4 is 69.4 Å². The van der Waals surface area contributed by atoms with E-state index in [1.807, 2.05) is 25.7 Å². The number of unbranched alkanes of at least 4 members (excludes halogenated alkanes) is 2. The van der Waals surface area contributed by atoms with Crippen LogP contribution in [0.1, 0.15) is 76.8 Å². The van der Waals surface area contributed by atoms with Crippen molar-refractivity contribution in [3.8, 4) is 0 Å². The van der Waals surface area contributed by atoms with Gasteiger partial charge in [0.05, 0.1) is 33.3 Å². The van der Waals surface area contributed by atoms with Crippen LogP contribution in [0.3, 0.4) is 0 Å². The second-order valence-corrected chi connectivity index (χ2v) is 21.9. The van der Waals surface area contributed by atoms with Crippen LogP contribution in [0.2, 0.25) is 0 Å². The van der Waals surface area contributed by atoms with Gasteiger partial charge in [0.2, 0.25) is 11.6 Å². The highest BCUT2D eigenvalue weighted by Gasteiger charge is 2.45. The first-order valence-corrected chi connectivity index (χ1v) is 25.9. The van der Waals surface area contributed by atoms with Crippen LogP contribution in [0.5, 0.6) is 0 Å². The Morgan fingerprint density at radius 1 is 0.778 bits per heavy atom. The molecule has 2 heterocycles. The van der Waals surface area contributed by atoms with Crippen molar-refractivity contribution in [2.24, 2.45) is 0 Å². The molecule has 2 aromatic rings. The van der Waals surface area contributed by atoms with Crippen LogP contribution in [0.4, 0.5) is 11.4 Å². The zero-order chi connectivity index (χ0) is 47.0. The number of allylic oxidation sites excluding steroid dienone is 6. The standard InChI is InChI=1S/C40H53N3O16S4/c1-39(2)31-26-29(62(53,54)55)15-17-33(31)42(21-10-24-60(47,48)49)35(39)12-6-4-7-13-36-40(3,19-9-5-8-14-37(44)41-20-23-59-28-38(45)46)32-27-30(63(56,57)58)16-18-34(32)43(36)22-11-25-61(50,51)52/h4,6-7,12-13,15-18,26-27H,5,8-11,14,19-25,28H2,1-3H3,(H5-,41,44,45,46,47,48,49,50,51,52,53,54,55,56,57,58)/p+1. The van der Waals surface area contributed by atoms with Crippen molar-refractivity contribution in [1.82, 2.24) is 5.32 Å². The molecule has 0 aliphatic carbocycles. The molecule has 1 unspecified atom stereocenters. The van der Waals surface area contributed by atoms with Gasteiger partial charge in [0, 0.05) is 60.4 Å². The molecule has 2 aliphatic heterocycles. The van der Waals surface area contributed by atoms with E-state index < -0.39 is 75.4 Å². The lowest BCUT2D eigenvalue weighted by atomic mass is 9.77. The minimum absolute atomic E-state index is 0.00745. The van der Waals surface area contributed by atoms with Gasteiger partial charge in [-0.3, -0.25) is 23.0 Å². The number of amides is 1. The van der Waals surface area contributed by atoms with Crippen LogP contribution in [-0.4, -0.2) is 124 Å². The van der Waals surface area contributed by atoms with Crippen molar-refractivity contribution in [1.29, 1.82) is 0 Å². The quantitative estimate of drug-likeness (QED) is 0.0374. The van der Waals surface area contributed by atoms with Crippen LogP contribution in [0, 0.1) is 0 Å². The number of anilines is 1. The number of hydrogen-bond acceptors (Lipinski definition) is 12. The number of carboxylic acid groups (broad SMARTS) is 1. The van der Waals surface area contributed by atoms with Gasteiger partial charge in [0.1, 0.15) is 13.2 Å². The Labute approximate surface area is 368 Å². The Morgan fingerprint density at radius 3 is 2.02 bits per heavy atom. The molecule has 0 spiro atoms. The zero-order valence-electron chi connectivity index (χ0n) is 35.0. The van der Waals surface area contributed by atoms with Crippen molar-refractivity contribution in [2.45, 2.75) is 86.3 Å². The lowest BCUT2D eigenvalue weighted by Gasteiger charge is -2.30. The number of carbonyl (C=O) groups excluding carboxylic acids is 1. The number of benzene rings is 2. The predicted octanol–water partition coefficient (Wildman–Crippen LogP) is 4.05. The fraction of sp³-hybridized carbons (Fsp3) is 0.475. The normalized spacial score (nSPS) is 18.5. The molecule has 6 N–H and O–H groups in total. The minimum atomic E-state index is -4.64. The van der Waals surface area contributed by atoms with E-state index in [1.165, 1.54) is 36.4 Å². The summed E-state index contributed by atoms with van der Waals surface area (Å²) in [7, 11) is -17.8. The van der Waals surface area contributed by atoms with Gasteiger partial charge in [-0.2, -0.15) is 38.2 Å². The number of rotatable bonds is 24. The largest absolute Gasteiger partial charge is 0.480 e. The van der Waals surface area contributed by atoms with E-state index in [0.29, 0.717) is 59.6 Å². The first kappa shape index (κ1) is 51.3. The van der Waals surface area contributed by atoms with E-state index in [0.717, 1.165) is 0 Å². The molecule has 0 saturated heterocycles. The number of ether oxygens (including phenoxy) is 1. The Hall–Kier alpha value is -4.33. The topological polar surface area (TPSA) is 299 Å². The van der Waals surface area contributed by atoms with Crippen LogP contribution in [0.15, 0.2) is 82.3 Å². The van der Waals surface area contributed by atoms with E-state index in [9.17, 15) is 61.5 Å².